The molecule has 5 rings (SSSR count). The summed E-state index contributed by atoms with van der Waals surface area (Å²) in [6, 6.07) is 2.63. The maximum atomic E-state index is 9.58. The zero-order valence-electron chi connectivity index (χ0n) is 14.9. The summed E-state index contributed by atoms with van der Waals surface area (Å²) in [7, 11) is 0. The molecule has 1 saturated carbocycles. The molecule has 0 aromatic heterocycles. The molecule has 0 amide bonds. The molecule has 0 aromatic rings. The van der Waals surface area contributed by atoms with E-state index in [0.717, 1.165) is 31.3 Å². The monoisotopic (exact) mass is 323 g/mol. The minimum atomic E-state index is 0.203. The van der Waals surface area contributed by atoms with Gasteiger partial charge in [-0.05, 0) is 92.6 Å². The summed E-state index contributed by atoms with van der Waals surface area (Å²) in [4.78, 5) is 0. The van der Waals surface area contributed by atoms with Gasteiger partial charge in [0.15, 0.2) is 0 Å². The van der Waals surface area contributed by atoms with Crippen LogP contribution in [0.2, 0.25) is 0 Å². The molecule has 128 valence electrons. The summed E-state index contributed by atoms with van der Waals surface area (Å²) in [5.41, 5.74) is 5.59. The molecule has 5 atom stereocenters. The Morgan fingerprint density at radius 2 is 2.12 bits per heavy atom. The van der Waals surface area contributed by atoms with Crippen LogP contribution in [0.5, 0.6) is 0 Å². The Hall–Kier alpha value is -1.07. The van der Waals surface area contributed by atoms with Crippen LogP contribution in [0.1, 0.15) is 71.1 Å². The highest BCUT2D eigenvalue weighted by molar-refractivity contribution is 5.45. The first-order chi connectivity index (χ1) is 11.7. The molecular formula is C22H29NO. The van der Waals surface area contributed by atoms with Gasteiger partial charge in [-0.3, -0.25) is 0 Å². The van der Waals surface area contributed by atoms with Crippen LogP contribution in [0.4, 0.5) is 0 Å². The zero-order valence-corrected chi connectivity index (χ0v) is 14.9. The second-order valence-electron chi connectivity index (χ2n) is 9.27. The highest BCUT2D eigenvalue weighted by Gasteiger charge is 2.53. The normalized spacial score (nSPS) is 47.0. The lowest BCUT2D eigenvalue weighted by atomic mass is 9.57. The lowest BCUT2D eigenvalue weighted by molar-refractivity contribution is -0.00839. The van der Waals surface area contributed by atoms with Gasteiger partial charge >= 0.3 is 0 Å². The Kier molecular flexibility index (Phi) is 3.30. The van der Waals surface area contributed by atoms with E-state index in [1.807, 2.05) is 0 Å². The van der Waals surface area contributed by atoms with Crippen molar-refractivity contribution in [1.82, 2.24) is 0 Å². The summed E-state index contributed by atoms with van der Waals surface area (Å²) in [5, 5.41) is 9.58. The largest absolute Gasteiger partial charge is 0.375 e. The van der Waals surface area contributed by atoms with Gasteiger partial charge in [-0.2, -0.15) is 5.26 Å². The van der Waals surface area contributed by atoms with Gasteiger partial charge in [0.2, 0.25) is 0 Å². The molecule has 0 N–H and O–H groups in total. The van der Waals surface area contributed by atoms with E-state index in [9.17, 15) is 5.26 Å². The van der Waals surface area contributed by atoms with E-state index in [-0.39, 0.29) is 16.9 Å². The molecule has 0 bridgehead atoms. The third kappa shape index (κ3) is 1.97. The van der Waals surface area contributed by atoms with Crippen molar-refractivity contribution >= 4 is 0 Å². The number of nitrogens with zero attached hydrogens (tertiary/aromatic N) is 1. The van der Waals surface area contributed by atoms with E-state index >= 15 is 0 Å². The lowest BCUT2D eigenvalue weighted by Crippen LogP contribution is -2.40. The van der Waals surface area contributed by atoms with Gasteiger partial charge in [0.05, 0.1) is 17.6 Å². The molecule has 0 radical (unpaired) electrons. The maximum absolute atomic E-state index is 9.58. The number of ether oxygens (including phenoxy) is 1. The van der Waals surface area contributed by atoms with Crippen molar-refractivity contribution in [2.45, 2.75) is 76.7 Å². The topological polar surface area (TPSA) is 33.0 Å². The predicted octanol–water partition coefficient (Wildman–Crippen LogP) is 5.31. The molecular weight excluding hydrogens is 294 g/mol. The predicted molar refractivity (Wildman–Crippen MR) is 94.2 cm³/mol. The van der Waals surface area contributed by atoms with Gasteiger partial charge in [-0.1, -0.05) is 18.6 Å². The fraction of sp³-hybridized carbons (Fsp3) is 0.773. The van der Waals surface area contributed by atoms with Crippen molar-refractivity contribution in [1.29, 1.82) is 5.26 Å². The second-order valence-corrected chi connectivity index (χ2v) is 9.27. The van der Waals surface area contributed by atoms with Gasteiger partial charge in [0.25, 0.3) is 0 Å². The molecule has 1 aliphatic heterocycles. The van der Waals surface area contributed by atoms with Crippen LogP contribution in [0, 0.1) is 34.5 Å². The summed E-state index contributed by atoms with van der Waals surface area (Å²) in [6.07, 6.45) is 14.9. The Morgan fingerprint density at radius 3 is 2.92 bits per heavy atom. The molecule has 4 aliphatic carbocycles. The van der Waals surface area contributed by atoms with Crippen molar-refractivity contribution in [2.75, 3.05) is 6.61 Å². The van der Waals surface area contributed by atoms with E-state index in [0.29, 0.717) is 0 Å². The quantitative estimate of drug-likeness (QED) is 0.605. The Morgan fingerprint density at radius 1 is 1.21 bits per heavy atom. The SMILES string of the molecule is C[C@]12CC=C3C4=C(CCC3C1CC[C@@H]2C#N)CC1(CCCO1)CC4. The molecule has 24 heavy (non-hydrogen) atoms. The number of nitriles is 1. The van der Waals surface area contributed by atoms with Gasteiger partial charge in [0, 0.05) is 6.61 Å². The average Bonchev–Trinajstić information content (AvgIpc) is 3.18. The Bertz CT molecular complexity index is 660. The Labute approximate surface area is 146 Å². The van der Waals surface area contributed by atoms with Gasteiger partial charge in [-0.25, -0.2) is 0 Å². The van der Waals surface area contributed by atoms with Crippen LogP contribution in [-0.2, 0) is 4.74 Å². The number of hydrogen-bond donors (Lipinski definition) is 0. The fourth-order valence-corrected chi connectivity index (χ4v) is 6.95. The van der Waals surface area contributed by atoms with Crippen molar-refractivity contribution in [3.8, 4) is 6.07 Å². The number of fused-ring (bicyclic) bond motifs is 4. The van der Waals surface area contributed by atoms with Crippen LogP contribution in [0.3, 0.4) is 0 Å². The standard InChI is InChI=1S/C22H29NO/c1-21-10-7-18-17-8-11-22(9-2-12-24-22)13-15(17)3-5-19(18)20(21)6-4-16(21)14-23/h7,16,19-20H,2-6,8-13H2,1H3/t16-,19?,20?,21-,22?/m1/s1. The van der Waals surface area contributed by atoms with E-state index < -0.39 is 0 Å². The Balaban J connectivity index is 1.48. The smallest absolute Gasteiger partial charge is 0.0723 e. The first-order valence-electron chi connectivity index (χ1n) is 10.1. The minimum Gasteiger partial charge on any atom is -0.375 e. The van der Waals surface area contributed by atoms with E-state index in [1.54, 1.807) is 16.7 Å². The first-order valence-corrected chi connectivity index (χ1v) is 10.1. The van der Waals surface area contributed by atoms with Crippen molar-refractivity contribution in [3.05, 3.63) is 22.8 Å². The molecule has 1 spiro atoms. The summed E-state index contributed by atoms with van der Waals surface area (Å²) < 4.78 is 6.19. The van der Waals surface area contributed by atoms with Crippen LogP contribution >= 0.6 is 0 Å². The zero-order chi connectivity index (χ0) is 16.4. The van der Waals surface area contributed by atoms with Crippen molar-refractivity contribution < 1.29 is 4.74 Å². The molecule has 2 fully saturated rings. The van der Waals surface area contributed by atoms with E-state index in [1.165, 1.54) is 51.4 Å². The van der Waals surface area contributed by atoms with Crippen molar-refractivity contribution in [2.24, 2.45) is 23.2 Å². The number of hydrogen-bond acceptors (Lipinski definition) is 2. The van der Waals surface area contributed by atoms with E-state index in [4.69, 9.17) is 4.74 Å². The molecule has 2 heteroatoms. The summed E-state index contributed by atoms with van der Waals surface area (Å²) in [6.45, 7) is 3.38. The molecule has 1 saturated heterocycles. The van der Waals surface area contributed by atoms with Crippen LogP contribution in [-0.4, -0.2) is 12.2 Å². The van der Waals surface area contributed by atoms with Crippen LogP contribution in [0.15, 0.2) is 22.8 Å². The van der Waals surface area contributed by atoms with Crippen LogP contribution < -0.4 is 0 Å². The highest BCUT2D eigenvalue weighted by Crippen LogP contribution is 2.61. The summed E-state index contributed by atoms with van der Waals surface area (Å²) >= 11 is 0. The third-order valence-corrected chi connectivity index (χ3v) is 8.30. The van der Waals surface area contributed by atoms with Gasteiger partial charge in [0.1, 0.15) is 0 Å². The lowest BCUT2D eigenvalue weighted by Gasteiger charge is -2.48. The highest BCUT2D eigenvalue weighted by atomic mass is 16.5. The second kappa shape index (κ2) is 5.21. The van der Waals surface area contributed by atoms with E-state index in [2.05, 4.69) is 19.1 Å². The van der Waals surface area contributed by atoms with Gasteiger partial charge < -0.3 is 4.74 Å². The van der Waals surface area contributed by atoms with Crippen LogP contribution in [0.25, 0.3) is 0 Å². The molecule has 0 aromatic carbocycles. The molecule has 5 aliphatic rings. The average molecular weight is 323 g/mol. The molecule has 3 unspecified atom stereocenters. The van der Waals surface area contributed by atoms with Crippen molar-refractivity contribution in [3.63, 3.8) is 0 Å². The third-order valence-electron chi connectivity index (χ3n) is 8.30. The molecule has 1 heterocycles. The number of rotatable bonds is 0. The van der Waals surface area contributed by atoms with Gasteiger partial charge in [-0.15, -0.1) is 0 Å². The summed E-state index contributed by atoms with van der Waals surface area (Å²) in [5.74, 6) is 1.76. The first kappa shape index (κ1) is 15.2. The molecule has 2 nitrogen and oxygen atoms in total. The maximum Gasteiger partial charge on any atom is 0.0723 e. The number of allylic oxidation sites excluding steroid dienone is 3. The minimum absolute atomic E-state index is 0.203. The fourth-order valence-electron chi connectivity index (χ4n) is 6.95.